The monoisotopic (exact) mass is 303 g/mol. The molecule has 1 N–H and O–H groups in total. The van der Waals surface area contributed by atoms with Crippen molar-refractivity contribution >= 4 is 23.6 Å². The zero-order valence-corrected chi connectivity index (χ0v) is 12.1. The Balaban J connectivity index is 2.23. The van der Waals surface area contributed by atoms with Gasteiger partial charge in [-0.2, -0.15) is 0 Å². The molecule has 0 aliphatic carbocycles. The number of hydrogen-bond acceptors (Lipinski definition) is 6. The molecule has 0 aliphatic rings. The maximum Gasteiger partial charge on any atom is 0.192 e. The molecule has 0 saturated heterocycles. The minimum atomic E-state index is -0.129. The zero-order chi connectivity index (χ0) is 15.2. The number of ether oxygens (including phenoxy) is 2. The van der Waals surface area contributed by atoms with Crippen LogP contribution in [0.25, 0.3) is 0 Å². The topological polar surface area (TPSA) is 68.7 Å². The number of pyridine rings is 1. The van der Waals surface area contributed by atoms with E-state index in [9.17, 15) is 9.90 Å². The van der Waals surface area contributed by atoms with Gasteiger partial charge in [0.25, 0.3) is 0 Å². The van der Waals surface area contributed by atoms with Gasteiger partial charge in [0.1, 0.15) is 18.1 Å². The summed E-state index contributed by atoms with van der Waals surface area (Å²) in [6.07, 6.45) is 2.16. The second kappa shape index (κ2) is 6.81. The van der Waals surface area contributed by atoms with E-state index in [2.05, 4.69) is 4.98 Å². The number of carbonyl (C=O) groups excluding carboxylic acids is 1. The molecule has 0 amide bonds. The number of phenols is 1. The van der Waals surface area contributed by atoms with Crippen LogP contribution in [-0.4, -0.2) is 28.5 Å². The van der Waals surface area contributed by atoms with Crippen molar-refractivity contribution in [3.8, 4) is 11.5 Å². The van der Waals surface area contributed by atoms with Crippen LogP contribution in [0.1, 0.15) is 21.6 Å². The highest BCUT2D eigenvalue weighted by Gasteiger charge is 2.12. The molecule has 1 heterocycles. The lowest BCUT2D eigenvalue weighted by Gasteiger charge is -2.11. The molecule has 0 radical (unpaired) electrons. The van der Waals surface area contributed by atoms with Crippen molar-refractivity contribution in [3.63, 3.8) is 0 Å². The second-order valence-electron chi connectivity index (χ2n) is 4.08. The molecule has 0 saturated carbocycles. The molecule has 6 heteroatoms. The number of nitrogens with zero attached hydrogens (tertiary/aromatic N) is 1. The van der Waals surface area contributed by atoms with Crippen LogP contribution in [-0.2, 0) is 11.3 Å². The lowest BCUT2D eigenvalue weighted by Crippen LogP contribution is -2.09. The lowest BCUT2D eigenvalue weighted by molar-refractivity contribution is 0.111. The molecule has 0 bridgehead atoms. The van der Waals surface area contributed by atoms with Gasteiger partial charge in [0, 0.05) is 6.20 Å². The summed E-state index contributed by atoms with van der Waals surface area (Å²) in [7, 11) is 1.49. The number of methoxy groups -OCH3 is 1. The Hall–Kier alpha value is -2.47. The van der Waals surface area contributed by atoms with Gasteiger partial charge in [0.05, 0.1) is 23.9 Å². The number of phenolic OH excluding ortho intramolecular Hbond substituents is 1. The fraction of sp³-hybridized carbons (Fsp3) is 0.133. The van der Waals surface area contributed by atoms with Gasteiger partial charge in [-0.3, -0.25) is 9.78 Å². The Kier molecular flexibility index (Phi) is 4.84. The average Bonchev–Trinajstić information content (AvgIpc) is 2.52. The van der Waals surface area contributed by atoms with Gasteiger partial charge in [0.2, 0.25) is 0 Å². The molecule has 1 aromatic heterocycles. The van der Waals surface area contributed by atoms with Gasteiger partial charge in [-0.1, -0.05) is 6.07 Å². The molecule has 2 aromatic rings. The lowest BCUT2D eigenvalue weighted by atomic mass is 10.2. The maximum atomic E-state index is 11.0. The van der Waals surface area contributed by atoms with E-state index in [-0.39, 0.29) is 23.7 Å². The number of thiocarbonyl (C=S) groups is 1. The molecule has 5 nitrogen and oxygen atoms in total. The van der Waals surface area contributed by atoms with Gasteiger partial charge in [0.15, 0.2) is 11.3 Å². The standard InChI is InChI=1S/C15H13NO4S/c1-19-15(21)10-4-3-7-16-12(10)9-20-14-6-2-5-13(18)11(14)8-17/h2-8,18H,9H2,1H3. The van der Waals surface area contributed by atoms with Crippen molar-refractivity contribution in [2.24, 2.45) is 0 Å². The number of hydrogen-bond donors (Lipinski definition) is 1. The molecule has 108 valence electrons. The van der Waals surface area contributed by atoms with Crippen molar-refractivity contribution in [1.82, 2.24) is 4.98 Å². The van der Waals surface area contributed by atoms with Crippen molar-refractivity contribution < 1.29 is 19.4 Å². The Morgan fingerprint density at radius 2 is 2.19 bits per heavy atom. The molecule has 0 aliphatic heterocycles. The maximum absolute atomic E-state index is 11.0. The molecule has 0 spiro atoms. The average molecular weight is 303 g/mol. The summed E-state index contributed by atoms with van der Waals surface area (Å²) in [5.74, 6) is 0.154. The Morgan fingerprint density at radius 3 is 2.90 bits per heavy atom. The fourth-order valence-electron chi connectivity index (χ4n) is 1.77. The summed E-state index contributed by atoms with van der Waals surface area (Å²) in [4.78, 5) is 15.2. The van der Waals surface area contributed by atoms with Crippen LogP contribution in [0.15, 0.2) is 36.5 Å². The summed E-state index contributed by atoms with van der Waals surface area (Å²) in [6, 6.07) is 8.14. The van der Waals surface area contributed by atoms with Crippen LogP contribution in [0.4, 0.5) is 0 Å². The van der Waals surface area contributed by atoms with Crippen molar-refractivity contribution in [3.05, 3.63) is 53.3 Å². The minimum Gasteiger partial charge on any atom is -0.507 e. The van der Waals surface area contributed by atoms with E-state index in [0.29, 0.717) is 22.6 Å². The number of benzene rings is 1. The predicted molar refractivity (Wildman–Crippen MR) is 80.8 cm³/mol. The van der Waals surface area contributed by atoms with Gasteiger partial charge in [-0.15, -0.1) is 0 Å². The molecule has 1 aromatic carbocycles. The van der Waals surface area contributed by atoms with Crippen LogP contribution in [0.3, 0.4) is 0 Å². The van der Waals surface area contributed by atoms with Crippen LogP contribution in [0, 0.1) is 0 Å². The summed E-state index contributed by atoms with van der Waals surface area (Å²) in [5.41, 5.74) is 1.34. The third kappa shape index (κ3) is 3.35. The first-order valence-corrected chi connectivity index (χ1v) is 6.50. The smallest absolute Gasteiger partial charge is 0.192 e. The second-order valence-corrected chi connectivity index (χ2v) is 4.46. The minimum absolute atomic E-state index is 0.101. The van der Waals surface area contributed by atoms with Gasteiger partial charge >= 0.3 is 0 Å². The van der Waals surface area contributed by atoms with Crippen molar-refractivity contribution in [2.45, 2.75) is 6.61 Å². The summed E-state index contributed by atoms with van der Waals surface area (Å²) in [5, 5.41) is 9.91. The van der Waals surface area contributed by atoms with E-state index in [1.807, 2.05) is 0 Å². The number of aromatic hydroxyl groups is 1. The zero-order valence-electron chi connectivity index (χ0n) is 11.3. The van der Waals surface area contributed by atoms with Crippen LogP contribution in [0.2, 0.25) is 0 Å². The Bertz CT molecular complexity index is 672. The van der Waals surface area contributed by atoms with E-state index >= 15 is 0 Å². The number of aromatic nitrogens is 1. The molecule has 2 rings (SSSR count). The Morgan fingerprint density at radius 1 is 1.38 bits per heavy atom. The normalized spacial score (nSPS) is 9.95. The van der Waals surface area contributed by atoms with Crippen LogP contribution in [0.5, 0.6) is 11.5 Å². The van der Waals surface area contributed by atoms with Crippen molar-refractivity contribution in [2.75, 3.05) is 7.11 Å². The third-order valence-corrected chi connectivity index (χ3v) is 3.21. The SMILES string of the molecule is COC(=S)c1cccnc1COc1cccc(O)c1C=O. The van der Waals surface area contributed by atoms with Crippen LogP contribution < -0.4 is 4.74 Å². The van der Waals surface area contributed by atoms with Gasteiger partial charge < -0.3 is 14.6 Å². The first kappa shape index (κ1) is 14.9. The van der Waals surface area contributed by atoms with Gasteiger partial charge in [-0.25, -0.2) is 0 Å². The van der Waals surface area contributed by atoms with Crippen LogP contribution >= 0.6 is 12.2 Å². The van der Waals surface area contributed by atoms with E-state index in [1.165, 1.54) is 13.2 Å². The highest BCUT2D eigenvalue weighted by molar-refractivity contribution is 7.80. The highest BCUT2D eigenvalue weighted by atomic mass is 32.1. The molecule has 0 fully saturated rings. The van der Waals surface area contributed by atoms with E-state index in [1.54, 1.807) is 30.5 Å². The summed E-state index contributed by atoms with van der Waals surface area (Å²) in [6.45, 7) is 0.101. The van der Waals surface area contributed by atoms with Crippen molar-refractivity contribution in [1.29, 1.82) is 0 Å². The first-order valence-electron chi connectivity index (χ1n) is 6.09. The molecular formula is C15H13NO4S. The van der Waals surface area contributed by atoms with Gasteiger partial charge in [-0.05, 0) is 36.5 Å². The Labute approximate surface area is 127 Å². The van der Waals surface area contributed by atoms with E-state index in [4.69, 9.17) is 21.7 Å². The van der Waals surface area contributed by atoms with E-state index in [0.717, 1.165) is 0 Å². The quantitative estimate of drug-likeness (QED) is 0.676. The first-order chi connectivity index (χ1) is 10.2. The molecule has 0 atom stereocenters. The number of aldehydes is 1. The summed E-state index contributed by atoms with van der Waals surface area (Å²) < 4.78 is 10.6. The molecule has 0 unspecified atom stereocenters. The number of rotatable bonds is 5. The molecule has 21 heavy (non-hydrogen) atoms. The molecular weight excluding hydrogens is 290 g/mol. The largest absolute Gasteiger partial charge is 0.507 e. The predicted octanol–water partition coefficient (Wildman–Crippen LogP) is 2.50. The van der Waals surface area contributed by atoms with E-state index < -0.39 is 0 Å². The third-order valence-electron chi connectivity index (χ3n) is 2.82. The summed E-state index contributed by atoms with van der Waals surface area (Å²) >= 11 is 5.10. The highest BCUT2D eigenvalue weighted by Crippen LogP contribution is 2.26. The number of carbonyl (C=O) groups is 1. The fourth-order valence-corrected chi connectivity index (χ4v) is 1.96.